The third-order valence-electron chi connectivity index (χ3n) is 1.42. The van der Waals surface area contributed by atoms with Gasteiger partial charge in [-0.05, 0) is 13.0 Å². The summed E-state index contributed by atoms with van der Waals surface area (Å²) in [6, 6.07) is 0. The lowest BCUT2D eigenvalue weighted by Crippen LogP contribution is -2.45. The number of allylic oxidation sites excluding steroid dienone is 1. The van der Waals surface area contributed by atoms with Crippen LogP contribution in [0.15, 0.2) is 12.2 Å². The topological polar surface area (TPSA) is 43.1 Å². The largest absolute Gasteiger partial charge is 0.365 e. The molecule has 64 valence electrons. The van der Waals surface area contributed by atoms with Crippen LogP contribution >= 0.6 is 0 Å². The monoisotopic (exact) mass is 157 g/mol. The van der Waals surface area contributed by atoms with Crippen LogP contribution in [0.2, 0.25) is 0 Å². The first-order valence-electron chi connectivity index (χ1n) is 3.69. The lowest BCUT2D eigenvalue weighted by Gasteiger charge is -2.26. The minimum absolute atomic E-state index is 0.250. The van der Waals surface area contributed by atoms with E-state index in [1.807, 2.05) is 33.2 Å². The molecule has 0 fully saturated rings. The first-order chi connectivity index (χ1) is 4.98. The number of hydrogen-bond donors (Lipinski definition) is 1. The van der Waals surface area contributed by atoms with E-state index in [9.17, 15) is 4.79 Å². The van der Waals surface area contributed by atoms with Gasteiger partial charge in [-0.3, -0.25) is 4.79 Å². The van der Waals surface area contributed by atoms with Crippen molar-refractivity contribution in [2.45, 2.75) is 6.92 Å². The SMILES string of the molecule is CC=CC[N+](C)(C)CC(N)=O. The molecule has 11 heavy (non-hydrogen) atoms. The van der Waals surface area contributed by atoms with E-state index in [2.05, 4.69) is 0 Å². The van der Waals surface area contributed by atoms with Crippen molar-refractivity contribution in [2.75, 3.05) is 27.2 Å². The Morgan fingerprint density at radius 1 is 1.55 bits per heavy atom. The van der Waals surface area contributed by atoms with Gasteiger partial charge in [-0.15, -0.1) is 0 Å². The molecule has 3 nitrogen and oxygen atoms in total. The molecule has 0 bridgehead atoms. The summed E-state index contributed by atoms with van der Waals surface area (Å²) >= 11 is 0. The smallest absolute Gasteiger partial charge is 0.272 e. The third kappa shape index (κ3) is 5.61. The Balaban J connectivity index is 3.89. The number of hydrogen-bond acceptors (Lipinski definition) is 1. The number of likely N-dealkylation sites (N-methyl/N-ethyl adjacent to an activating group) is 1. The average molecular weight is 157 g/mol. The predicted octanol–water partition coefficient (Wildman–Crippen LogP) is 0.124. The number of quaternary nitrogens is 1. The second-order valence-corrected chi connectivity index (χ2v) is 3.31. The van der Waals surface area contributed by atoms with Crippen molar-refractivity contribution < 1.29 is 9.28 Å². The van der Waals surface area contributed by atoms with Gasteiger partial charge in [-0.25, -0.2) is 0 Å². The van der Waals surface area contributed by atoms with Gasteiger partial charge in [0.25, 0.3) is 5.91 Å². The fourth-order valence-corrected chi connectivity index (χ4v) is 0.877. The van der Waals surface area contributed by atoms with Gasteiger partial charge in [0.1, 0.15) is 0 Å². The van der Waals surface area contributed by atoms with E-state index in [1.165, 1.54) is 0 Å². The zero-order valence-electron chi connectivity index (χ0n) is 7.50. The van der Waals surface area contributed by atoms with Gasteiger partial charge in [0, 0.05) is 0 Å². The second-order valence-electron chi connectivity index (χ2n) is 3.31. The van der Waals surface area contributed by atoms with Crippen LogP contribution in [0.5, 0.6) is 0 Å². The molecule has 0 rings (SSSR count). The highest BCUT2D eigenvalue weighted by molar-refractivity contribution is 5.74. The van der Waals surface area contributed by atoms with Crippen LogP contribution in [-0.2, 0) is 4.79 Å². The first kappa shape index (κ1) is 10.2. The molecule has 3 heteroatoms. The van der Waals surface area contributed by atoms with Crippen LogP contribution in [-0.4, -0.2) is 37.6 Å². The molecule has 0 atom stereocenters. The number of nitrogens with two attached hydrogens (primary N) is 1. The predicted molar refractivity (Wildman–Crippen MR) is 45.9 cm³/mol. The molecular weight excluding hydrogens is 140 g/mol. The summed E-state index contributed by atoms with van der Waals surface area (Å²) in [4.78, 5) is 10.6. The molecule has 0 spiro atoms. The maximum absolute atomic E-state index is 10.6. The minimum Gasteiger partial charge on any atom is -0.365 e. The Bertz CT molecular complexity index is 161. The van der Waals surface area contributed by atoms with Gasteiger partial charge in [-0.2, -0.15) is 0 Å². The standard InChI is InChI=1S/C8H16N2O/c1-4-5-6-10(2,3)7-8(9)11/h4-5H,6-7H2,1-3H3,(H-,9,11)/p+1. The Morgan fingerprint density at radius 2 is 2.09 bits per heavy atom. The van der Waals surface area contributed by atoms with Gasteiger partial charge < -0.3 is 10.2 Å². The van der Waals surface area contributed by atoms with E-state index in [0.29, 0.717) is 11.0 Å². The van der Waals surface area contributed by atoms with Crippen molar-refractivity contribution >= 4 is 5.91 Å². The quantitative estimate of drug-likeness (QED) is 0.457. The van der Waals surface area contributed by atoms with Gasteiger partial charge in [0.15, 0.2) is 6.54 Å². The molecular formula is C8H17N2O+. The first-order valence-corrected chi connectivity index (χ1v) is 3.69. The van der Waals surface area contributed by atoms with Gasteiger partial charge in [0.2, 0.25) is 0 Å². The summed E-state index contributed by atoms with van der Waals surface area (Å²) in [7, 11) is 3.95. The van der Waals surface area contributed by atoms with E-state index >= 15 is 0 Å². The van der Waals surface area contributed by atoms with E-state index in [-0.39, 0.29) is 5.91 Å². The van der Waals surface area contributed by atoms with Gasteiger partial charge >= 0.3 is 0 Å². The zero-order chi connectivity index (χ0) is 8.91. The molecule has 0 unspecified atom stereocenters. The van der Waals surface area contributed by atoms with Crippen molar-refractivity contribution in [3.8, 4) is 0 Å². The number of primary amides is 1. The number of carbonyl (C=O) groups is 1. The molecule has 0 radical (unpaired) electrons. The Kier molecular flexibility index (Phi) is 3.82. The van der Waals surface area contributed by atoms with E-state index in [4.69, 9.17) is 5.73 Å². The van der Waals surface area contributed by atoms with Crippen LogP contribution in [0.4, 0.5) is 0 Å². The molecule has 0 aromatic carbocycles. The van der Waals surface area contributed by atoms with Crippen LogP contribution in [0.1, 0.15) is 6.92 Å². The normalized spacial score (nSPS) is 12.3. The highest BCUT2D eigenvalue weighted by Gasteiger charge is 2.15. The Labute approximate surface area is 68.1 Å². The Hall–Kier alpha value is -0.830. The third-order valence-corrected chi connectivity index (χ3v) is 1.42. The summed E-state index contributed by atoms with van der Waals surface area (Å²) in [5.41, 5.74) is 5.07. The zero-order valence-corrected chi connectivity index (χ0v) is 7.50. The van der Waals surface area contributed by atoms with Crippen LogP contribution < -0.4 is 5.73 Å². The van der Waals surface area contributed by atoms with Crippen LogP contribution in [0.3, 0.4) is 0 Å². The molecule has 1 amide bonds. The molecule has 2 N–H and O–H groups in total. The van der Waals surface area contributed by atoms with Crippen molar-refractivity contribution in [3.63, 3.8) is 0 Å². The van der Waals surface area contributed by atoms with Crippen LogP contribution in [0.25, 0.3) is 0 Å². The molecule has 0 saturated carbocycles. The summed E-state index contributed by atoms with van der Waals surface area (Å²) in [6.07, 6.45) is 4.00. The molecule has 0 aromatic heterocycles. The molecule has 0 heterocycles. The molecule has 0 aromatic rings. The molecule has 0 aliphatic heterocycles. The maximum Gasteiger partial charge on any atom is 0.272 e. The van der Waals surface area contributed by atoms with Crippen molar-refractivity contribution in [1.29, 1.82) is 0 Å². The minimum atomic E-state index is -0.250. The fourth-order valence-electron chi connectivity index (χ4n) is 0.877. The molecule has 0 aliphatic rings. The number of nitrogens with zero attached hydrogens (tertiary/aromatic N) is 1. The molecule has 0 aliphatic carbocycles. The van der Waals surface area contributed by atoms with Crippen LogP contribution in [0, 0.1) is 0 Å². The van der Waals surface area contributed by atoms with Crippen molar-refractivity contribution in [3.05, 3.63) is 12.2 Å². The van der Waals surface area contributed by atoms with Crippen molar-refractivity contribution in [1.82, 2.24) is 0 Å². The van der Waals surface area contributed by atoms with E-state index in [1.54, 1.807) is 0 Å². The lowest BCUT2D eigenvalue weighted by molar-refractivity contribution is -0.876. The summed E-state index contributed by atoms with van der Waals surface area (Å²) in [5.74, 6) is -0.250. The molecule has 0 saturated heterocycles. The Morgan fingerprint density at radius 3 is 2.45 bits per heavy atom. The highest BCUT2D eigenvalue weighted by Crippen LogP contribution is 1.95. The summed E-state index contributed by atoms with van der Waals surface area (Å²) in [6.45, 7) is 3.20. The lowest BCUT2D eigenvalue weighted by atomic mass is 10.4. The second kappa shape index (κ2) is 4.13. The number of carbonyl (C=O) groups excluding carboxylic acids is 1. The average Bonchev–Trinajstić information content (AvgIpc) is 1.81. The summed E-state index contributed by atoms with van der Waals surface area (Å²) in [5, 5.41) is 0. The maximum atomic E-state index is 10.6. The number of rotatable bonds is 4. The highest BCUT2D eigenvalue weighted by atomic mass is 16.1. The van der Waals surface area contributed by atoms with Crippen molar-refractivity contribution in [2.24, 2.45) is 5.73 Å². The van der Waals surface area contributed by atoms with E-state index < -0.39 is 0 Å². The number of amides is 1. The fraction of sp³-hybridized carbons (Fsp3) is 0.625. The van der Waals surface area contributed by atoms with Gasteiger partial charge in [-0.1, -0.05) is 6.08 Å². The van der Waals surface area contributed by atoms with Gasteiger partial charge in [0.05, 0.1) is 20.6 Å². The van der Waals surface area contributed by atoms with E-state index in [0.717, 1.165) is 6.54 Å². The summed E-state index contributed by atoms with van der Waals surface area (Å²) < 4.78 is 0.625.